The lowest BCUT2D eigenvalue weighted by Crippen LogP contribution is -2.12. The number of aryl methyl sites for hydroxylation is 1. The standard InChI is InChI=1S/C23H21N3O4/c1-14-11-21(27)29-20-12-17(8-9-18(14)20)28-13-15-4-6-16(7-5-15)22-25-23(30-26-22)19-3-2-10-24-19/h4-9,11-12,19,24H,2-3,10,13H2,1H3/t19-/m0/s1. The minimum atomic E-state index is -0.360. The molecule has 1 aliphatic rings. The van der Waals surface area contributed by atoms with Gasteiger partial charge in [-0.2, -0.15) is 4.98 Å². The molecule has 1 N–H and O–H groups in total. The minimum Gasteiger partial charge on any atom is -0.489 e. The van der Waals surface area contributed by atoms with Gasteiger partial charge in [-0.1, -0.05) is 29.4 Å². The number of nitrogens with zero attached hydrogens (tertiary/aromatic N) is 2. The van der Waals surface area contributed by atoms with Crippen LogP contribution in [0.1, 0.15) is 35.9 Å². The van der Waals surface area contributed by atoms with Gasteiger partial charge in [-0.15, -0.1) is 0 Å². The third-order valence-corrected chi connectivity index (χ3v) is 5.34. The van der Waals surface area contributed by atoms with Gasteiger partial charge in [0.25, 0.3) is 0 Å². The Kier molecular flexibility index (Phi) is 4.80. The van der Waals surface area contributed by atoms with Crippen LogP contribution in [0.3, 0.4) is 0 Å². The summed E-state index contributed by atoms with van der Waals surface area (Å²) in [6.45, 7) is 3.27. The summed E-state index contributed by atoms with van der Waals surface area (Å²) in [4.78, 5) is 16.1. The van der Waals surface area contributed by atoms with E-state index >= 15 is 0 Å². The minimum absolute atomic E-state index is 0.161. The molecule has 30 heavy (non-hydrogen) atoms. The highest BCUT2D eigenvalue weighted by Crippen LogP contribution is 2.25. The molecule has 3 heterocycles. The molecule has 5 rings (SSSR count). The first-order chi connectivity index (χ1) is 14.7. The number of hydrogen-bond donors (Lipinski definition) is 1. The molecule has 0 spiro atoms. The van der Waals surface area contributed by atoms with Crippen molar-refractivity contribution in [1.29, 1.82) is 0 Å². The van der Waals surface area contributed by atoms with Gasteiger partial charge in [0.1, 0.15) is 17.9 Å². The molecule has 1 fully saturated rings. The predicted octanol–water partition coefficient (Wildman–Crippen LogP) is 4.15. The van der Waals surface area contributed by atoms with E-state index in [-0.39, 0.29) is 11.7 Å². The summed E-state index contributed by atoms with van der Waals surface area (Å²) in [6, 6.07) is 15.0. The first-order valence-electron chi connectivity index (χ1n) is 9.99. The van der Waals surface area contributed by atoms with Crippen molar-refractivity contribution >= 4 is 11.0 Å². The van der Waals surface area contributed by atoms with E-state index in [9.17, 15) is 4.79 Å². The second kappa shape index (κ2) is 7.76. The van der Waals surface area contributed by atoms with Gasteiger partial charge in [0.2, 0.25) is 11.7 Å². The van der Waals surface area contributed by atoms with Crippen molar-refractivity contribution in [2.45, 2.75) is 32.4 Å². The van der Waals surface area contributed by atoms with Crippen molar-refractivity contribution in [3.05, 3.63) is 76.0 Å². The van der Waals surface area contributed by atoms with Crippen LogP contribution >= 0.6 is 0 Å². The zero-order valence-corrected chi connectivity index (χ0v) is 16.6. The first-order valence-corrected chi connectivity index (χ1v) is 9.99. The molecule has 0 aliphatic carbocycles. The fourth-order valence-electron chi connectivity index (χ4n) is 3.70. The summed E-state index contributed by atoms with van der Waals surface area (Å²) in [5.41, 5.74) is 2.95. The number of fused-ring (bicyclic) bond motifs is 1. The van der Waals surface area contributed by atoms with Crippen LogP contribution in [0.4, 0.5) is 0 Å². The van der Waals surface area contributed by atoms with E-state index < -0.39 is 0 Å². The number of nitrogens with one attached hydrogen (secondary N) is 1. The molecule has 4 aromatic rings. The molecule has 0 radical (unpaired) electrons. The molecule has 1 saturated heterocycles. The van der Waals surface area contributed by atoms with Gasteiger partial charge < -0.3 is 19.0 Å². The highest BCUT2D eigenvalue weighted by Gasteiger charge is 2.22. The zero-order valence-electron chi connectivity index (χ0n) is 16.6. The van der Waals surface area contributed by atoms with Crippen LogP contribution in [0, 0.1) is 6.92 Å². The van der Waals surface area contributed by atoms with Crippen LogP contribution in [-0.2, 0) is 6.61 Å². The Morgan fingerprint density at radius 2 is 2.03 bits per heavy atom. The van der Waals surface area contributed by atoms with Gasteiger partial charge in [0.05, 0.1) is 6.04 Å². The lowest BCUT2D eigenvalue weighted by molar-refractivity contribution is 0.306. The molecule has 7 nitrogen and oxygen atoms in total. The number of rotatable bonds is 5. The van der Waals surface area contributed by atoms with Gasteiger partial charge in [-0.05, 0) is 49.6 Å². The average molecular weight is 403 g/mol. The molecule has 0 unspecified atom stereocenters. The Morgan fingerprint density at radius 3 is 2.83 bits per heavy atom. The van der Waals surface area contributed by atoms with Crippen LogP contribution < -0.4 is 15.7 Å². The second-order valence-electron chi connectivity index (χ2n) is 7.50. The maximum Gasteiger partial charge on any atom is 0.336 e. The average Bonchev–Trinajstić information content (AvgIpc) is 3.44. The molecule has 1 aliphatic heterocycles. The fourth-order valence-corrected chi connectivity index (χ4v) is 3.70. The molecular formula is C23H21N3O4. The summed E-state index contributed by atoms with van der Waals surface area (Å²) in [5, 5.41) is 8.36. The van der Waals surface area contributed by atoms with Crippen LogP contribution in [-0.4, -0.2) is 16.7 Å². The van der Waals surface area contributed by atoms with Crippen molar-refractivity contribution in [2.75, 3.05) is 6.54 Å². The zero-order chi connectivity index (χ0) is 20.5. The molecule has 0 saturated carbocycles. The normalized spacial score (nSPS) is 16.2. The van der Waals surface area contributed by atoms with Crippen molar-refractivity contribution in [2.24, 2.45) is 0 Å². The Bertz CT molecular complexity index is 1240. The predicted molar refractivity (Wildman–Crippen MR) is 111 cm³/mol. The lowest BCUT2D eigenvalue weighted by atomic mass is 10.1. The Balaban J connectivity index is 1.27. The maximum atomic E-state index is 11.6. The Labute approximate surface area is 172 Å². The molecule has 2 aromatic heterocycles. The molecule has 152 valence electrons. The molecule has 0 bridgehead atoms. The van der Waals surface area contributed by atoms with E-state index in [0.717, 1.165) is 41.5 Å². The molecule has 7 heteroatoms. The highest BCUT2D eigenvalue weighted by atomic mass is 16.5. The highest BCUT2D eigenvalue weighted by molar-refractivity contribution is 5.81. The van der Waals surface area contributed by atoms with Crippen molar-refractivity contribution in [3.8, 4) is 17.1 Å². The van der Waals surface area contributed by atoms with Crippen LogP contribution in [0.2, 0.25) is 0 Å². The van der Waals surface area contributed by atoms with E-state index in [0.29, 0.717) is 29.7 Å². The number of ether oxygens (including phenoxy) is 1. The third kappa shape index (κ3) is 3.71. The van der Waals surface area contributed by atoms with E-state index in [1.165, 1.54) is 6.07 Å². The topological polar surface area (TPSA) is 90.4 Å². The van der Waals surface area contributed by atoms with E-state index in [2.05, 4.69) is 15.5 Å². The van der Waals surface area contributed by atoms with Gasteiger partial charge >= 0.3 is 5.63 Å². The van der Waals surface area contributed by atoms with Gasteiger partial charge in [-0.3, -0.25) is 0 Å². The van der Waals surface area contributed by atoms with Gasteiger partial charge in [-0.25, -0.2) is 4.79 Å². The number of hydrogen-bond acceptors (Lipinski definition) is 7. The first kappa shape index (κ1) is 18.6. The van der Waals surface area contributed by atoms with Crippen LogP contribution in [0.5, 0.6) is 5.75 Å². The van der Waals surface area contributed by atoms with E-state index in [1.54, 1.807) is 6.07 Å². The van der Waals surface area contributed by atoms with Crippen LogP contribution in [0.25, 0.3) is 22.4 Å². The van der Waals surface area contributed by atoms with Gasteiger partial charge in [0, 0.05) is 23.1 Å². The monoisotopic (exact) mass is 403 g/mol. The van der Waals surface area contributed by atoms with Crippen molar-refractivity contribution in [3.63, 3.8) is 0 Å². The largest absolute Gasteiger partial charge is 0.489 e. The second-order valence-corrected chi connectivity index (χ2v) is 7.50. The Hall–Kier alpha value is -3.45. The summed E-state index contributed by atoms with van der Waals surface area (Å²) in [5.74, 6) is 1.88. The molecular weight excluding hydrogens is 382 g/mol. The maximum absolute atomic E-state index is 11.6. The number of aromatic nitrogens is 2. The quantitative estimate of drug-likeness (QED) is 0.501. The molecule has 2 aromatic carbocycles. The SMILES string of the molecule is Cc1cc(=O)oc2cc(OCc3ccc(-c4noc([C@@H]5CCCN5)n4)cc3)ccc12. The van der Waals surface area contributed by atoms with Gasteiger partial charge in [0.15, 0.2) is 0 Å². The van der Waals surface area contributed by atoms with E-state index in [1.807, 2.05) is 43.3 Å². The fraction of sp³-hybridized carbons (Fsp3) is 0.261. The van der Waals surface area contributed by atoms with E-state index in [4.69, 9.17) is 13.7 Å². The number of benzene rings is 2. The summed E-state index contributed by atoms with van der Waals surface area (Å²) < 4.78 is 16.6. The van der Waals surface area contributed by atoms with Crippen molar-refractivity contribution in [1.82, 2.24) is 15.5 Å². The summed E-state index contributed by atoms with van der Waals surface area (Å²) in [7, 11) is 0. The van der Waals surface area contributed by atoms with Crippen molar-refractivity contribution < 1.29 is 13.7 Å². The molecule has 0 amide bonds. The lowest BCUT2D eigenvalue weighted by Gasteiger charge is -2.08. The third-order valence-electron chi connectivity index (χ3n) is 5.34. The smallest absolute Gasteiger partial charge is 0.336 e. The van der Waals surface area contributed by atoms with Crippen LogP contribution in [0.15, 0.2) is 62.3 Å². The summed E-state index contributed by atoms with van der Waals surface area (Å²) in [6.07, 6.45) is 2.15. The Morgan fingerprint density at radius 1 is 1.17 bits per heavy atom. The summed E-state index contributed by atoms with van der Waals surface area (Å²) >= 11 is 0. The molecule has 1 atom stereocenters.